The largest absolute Gasteiger partial charge is 0.314 e. The van der Waals surface area contributed by atoms with Gasteiger partial charge < -0.3 is 5.32 Å². The SMILES string of the molecule is CC(C)(C(=O)NS(=O)(=O)c1ccccc1)N1CCNCC1. The van der Waals surface area contributed by atoms with Gasteiger partial charge in [0.05, 0.1) is 10.4 Å². The van der Waals surface area contributed by atoms with Crippen LogP contribution >= 0.6 is 0 Å². The van der Waals surface area contributed by atoms with Crippen molar-refractivity contribution in [3.8, 4) is 0 Å². The van der Waals surface area contributed by atoms with Gasteiger partial charge in [0.1, 0.15) is 0 Å². The highest BCUT2D eigenvalue weighted by Crippen LogP contribution is 2.17. The third-order valence-corrected chi connectivity index (χ3v) is 5.09. The molecule has 1 fully saturated rings. The Balaban J connectivity index is 2.13. The van der Waals surface area contributed by atoms with E-state index in [0.29, 0.717) is 13.1 Å². The summed E-state index contributed by atoms with van der Waals surface area (Å²) in [6.07, 6.45) is 0. The summed E-state index contributed by atoms with van der Waals surface area (Å²) in [4.78, 5) is 14.5. The lowest BCUT2D eigenvalue weighted by molar-refractivity contribution is -0.130. The number of hydrogen-bond acceptors (Lipinski definition) is 5. The van der Waals surface area contributed by atoms with Crippen molar-refractivity contribution in [2.75, 3.05) is 26.2 Å². The molecule has 6 nitrogen and oxygen atoms in total. The molecule has 0 atom stereocenters. The first kappa shape index (κ1) is 15.9. The van der Waals surface area contributed by atoms with Gasteiger partial charge >= 0.3 is 0 Å². The van der Waals surface area contributed by atoms with Crippen LogP contribution in [0.5, 0.6) is 0 Å². The van der Waals surface area contributed by atoms with Gasteiger partial charge in [0, 0.05) is 26.2 Å². The molecule has 0 aromatic heterocycles. The maximum absolute atomic E-state index is 12.4. The average Bonchev–Trinajstić information content (AvgIpc) is 2.48. The zero-order chi connectivity index (χ0) is 15.5. The van der Waals surface area contributed by atoms with Crippen LogP contribution in [0.25, 0.3) is 0 Å². The van der Waals surface area contributed by atoms with E-state index >= 15 is 0 Å². The van der Waals surface area contributed by atoms with Crippen LogP contribution in [0.3, 0.4) is 0 Å². The smallest absolute Gasteiger partial charge is 0.264 e. The summed E-state index contributed by atoms with van der Waals surface area (Å²) in [5.41, 5.74) is -0.871. The van der Waals surface area contributed by atoms with Gasteiger partial charge in [-0.2, -0.15) is 0 Å². The Hall–Kier alpha value is -1.44. The summed E-state index contributed by atoms with van der Waals surface area (Å²) in [5.74, 6) is -0.506. The first-order valence-electron chi connectivity index (χ1n) is 6.92. The van der Waals surface area contributed by atoms with E-state index in [0.717, 1.165) is 13.1 Å². The Kier molecular flexibility index (Phi) is 4.65. The summed E-state index contributed by atoms with van der Waals surface area (Å²) in [7, 11) is -3.82. The second-order valence-corrected chi connectivity index (χ2v) is 7.23. The fourth-order valence-corrected chi connectivity index (χ4v) is 3.40. The van der Waals surface area contributed by atoms with Crippen LogP contribution in [-0.2, 0) is 14.8 Å². The van der Waals surface area contributed by atoms with Crippen molar-refractivity contribution in [2.45, 2.75) is 24.3 Å². The molecule has 1 aromatic carbocycles. The first-order chi connectivity index (χ1) is 9.84. The lowest BCUT2D eigenvalue weighted by atomic mass is 10.0. The molecular formula is C14H21N3O3S. The molecule has 0 radical (unpaired) electrons. The van der Waals surface area contributed by atoms with Gasteiger partial charge in [-0.05, 0) is 26.0 Å². The van der Waals surface area contributed by atoms with E-state index in [9.17, 15) is 13.2 Å². The predicted octanol–water partition coefficient (Wildman–Crippen LogP) is 0.175. The standard InChI is InChI=1S/C14H21N3O3S/c1-14(2,17-10-8-15-9-11-17)13(18)16-21(19,20)12-6-4-3-5-7-12/h3-7,15H,8-11H2,1-2H3,(H,16,18). The molecule has 1 heterocycles. The number of rotatable bonds is 4. The summed E-state index contributed by atoms with van der Waals surface area (Å²) < 4.78 is 26.6. The van der Waals surface area contributed by atoms with Gasteiger partial charge in [-0.1, -0.05) is 18.2 Å². The Labute approximate surface area is 125 Å². The van der Waals surface area contributed by atoms with Crippen LogP contribution in [0.2, 0.25) is 0 Å². The molecule has 0 bridgehead atoms. The van der Waals surface area contributed by atoms with Gasteiger partial charge in [-0.15, -0.1) is 0 Å². The number of hydrogen-bond donors (Lipinski definition) is 2. The van der Waals surface area contributed by atoms with Crippen molar-refractivity contribution in [2.24, 2.45) is 0 Å². The fourth-order valence-electron chi connectivity index (χ4n) is 2.27. The molecule has 0 spiro atoms. The molecule has 1 aromatic rings. The number of piperazine rings is 1. The van der Waals surface area contributed by atoms with Crippen molar-refractivity contribution in [1.29, 1.82) is 0 Å². The second kappa shape index (κ2) is 6.13. The molecule has 2 rings (SSSR count). The maximum Gasteiger partial charge on any atom is 0.264 e. The number of amides is 1. The van der Waals surface area contributed by atoms with Crippen molar-refractivity contribution in [3.63, 3.8) is 0 Å². The normalized spacial score (nSPS) is 17.4. The molecule has 116 valence electrons. The molecule has 1 aliphatic heterocycles. The third-order valence-electron chi connectivity index (χ3n) is 3.74. The van der Waals surface area contributed by atoms with E-state index in [4.69, 9.17) is 0 Å². The molecule has 21 heavy (non-hydrogen) atoms. The topological polar surface area (TPSA) is 78.5 Å². The van der Waals surface area contributed by atoms with E-state index in [1.54, 1.807) is 32.0 Å². The molecular weight excluding hydrogens is 290 g/mol. The zero-order valence-corrected chi connectivity index (χ0v) is 13.1. The minimum Gasteiger partial charge on any atom is -0.314 e. The van der Waals surface area contributed by atoms with Crippen LogP contribution in [0.15, 0.2) is 35.2 Å². The number of carbonyl (C=O) groups excluding carboxylic acids is 1. The van der Waals surface area contributed by atoms with Crippen molar-refractivity contribution in [1.82, 2.24) is 14.9 Å². The van der Waals surface area contributed by atoms with Gasteiger partial charge in [0.15, 0.2) is 0 Å². The van der Waals surface area contributed by atoms with E-state index in [1.807, 2.05) is 4.90 Å². The van der Waals surface area contributed by atoms with Crippen LogP contribution < -0.4 is 10.0 Å². The number of nitrogens with zero attached hydrogens (tertiary/aromatic N) is 1. The Morgan fingerprint density at radius 2 is 1.76 bits per heavy atom. The Morgan fingerprint density at radius 3 is 2.33 bits per heavy atom. The quantitative estimate of drug-likeness (QED) is 0.829. The first-order valence-corrected chi connectivity index (χ1v) is 8.40. The highest BCUT2D eigenvalue weighted by molar-refractivity contribution is 7.90. The van der Waals surface area contributed by atoms with E-state index in [2.05, 4.69) is 10.0 Å². The summed E-state index contributed by atoms with van der Waals surface area (Å²) in [5, 5.41) is 3.21. The Bertz CT molecular complexity index is 593. The van der Waals surface area contributed by atoms with Gasteiger partial charge in [0.2, 0.25) is 0 Å². The maximum atomic E-state index is 12.4. The van der Waals surface area contributed by atoms with Crippen LogP contribution in [0.1, 0.15) is 13.8 Å². The number of nitrogens with one attached hydrogen (secondary N) is 2. The van der Waals surface area contributed by atoms with Crippen molar-refractivity contribution < 1.29 is 13.2 Å². The monoisotopic (exact) mass is 311 g/mol. The third kappa shape index (κ3) is 3.61. The lowest BCUT2D eigenvalue weighted by Gasteiger charge is -2.39. The highest BCUT2D eigenvalue weighted by atomic mass is 32.2. The van der Waals surface area contributed by atoms with Crippen molar-refractivity contribution >= 4 is 15.9 Å². The minimum absolute atomic E-state index is 0.0921. The van der Waals surface area contributed by atoms with E-state index in [-0.39, 0.29) is 4.90 Å². The van der Waals surface area contributed by atoms with E-state index in [1.165, 1.54) is 12.1 Å². The number of benzene rings is 1. The van der Waals surface area contributed by atoms with Crippen molar-refractivity contribution in [3.05, 3.63) is 30.3 Å². The lowest BCUT2D eigenvalue weighted by Crippen LogP contribution is -2.60. The minimum atomic E-state index is -3.82. The van der Waals surface area contributed by atoms with Crippen LogP contribution in [0, 0.1) is 0 Å². The molecule has 1 saturated heterocycles. The van der Waals surface area contributed by atoms with Gasteiger partial charge in [-0.3, -0.25) is 9.69 Å². The zero-order valence-electron chi connectivity index (χ0n) is 12.3. The molecule has 0 unspecified atom stereocenters. The summed E-state index contributed by atoms with van der Waals surface area (Å²) >= 11 is 0. The average molecular weight is 311 g/mol. The molecule has 2 N–H and O–H groups in total. The Morgan fingerprint density at radius 1 is 1.19 bits per heavy atom. The summed E-state index contributed by atoms with van der Waals surface area (Å²) in [6.45, 7) is 6.50. The molecule has 7 heteroatoms. The van der Waals surface area contributed by atoms with Gasteiger partial charge in [0.25, 0.3) is 15.9 Å². The predicted molar refractivity (Wildman–Crippen MR) is 80.3 cm³/mol. The fraction of sp³-hybridized carbons (Fsp3) is 0.500. The number of carbonyl (C=O) groups is 1. The van der Waals surface area contributed by atoms with Crippen LogP contribution in [-0.4, -0.2) is 50.9 Å². The van der Waals surface area contributed by atoms with E-state index < -0.39 is 21.5 Å². The van der Waals surface area contributed by atoms with Crippen LogP contribution in [0.4, 0.5) is 0 Å². The molecule has 0 saturated carbocycles. The van der Waals surface area contributed by atoms with Gasteiger partial charge in [-0.25, -0.2) is 13.1 Å². The molecule has 1 amide bonds. The number of sulfonamides is 1. The summed E-state index contributed by atoms with van der Waals surface area (Å²) in [6, 6.07) is 7.91. The molecule has 0 aliphatic carbocycles. The molecule has 1 aliphatic rings. The highest BCUT2D eigenvalue weighted by Gasteiger charge is 2.37. The second-order valence-electron chi connectivity index (χ2n) is 5.54.